The number of halogens is 6. The summed E-state index contributed by atoms with van der Waals surface area (Å²) in [7, 11) is 0. The lowest BCUT2D eigenvalue weighted by Crippen LogP contribution is -2.22. The van der Waals surface area contributed by atoms with Gasteiger partial charge in [0.05, 0.1) is 11.1 Å². The lowest BCUT2D eigenvalue weighted by molar-refractivity contribution is -0.143. The predicted molar refractivity (Wildman–Crippen MR) is 85.5 cm³/mol. The van der Waals surface area contributed by atoms with Crippen molar-refractivity contribution in [3.63, 3.8) is 0 Å². The Balaban J connectivity index is 2.19. The molecule has 0 fully saturated rings. The molecular formula is C18H14F6N2. The number of rotatable bonds is 1. The number of aliphatic imine (C=N–C) groups is 1. The van der Waals surface area contributed by atoms with Crippen LogP contribution in [0.15, 0.2) is 35.5 Å². The van der Waals surface area contributed by atoms with Gasteiger partial charge in [0, 0.05) is 28.5 Å². The molecule has 2 aromatic rings. The SMILES string of the molecule is CC1=Nc2ncc(-c3cc(C(F)(F)F)cc(C(F)(F)F)c3)cc2C1(C)C. The quantitative estimate of drug-likeness (QED) is 0.550. The summed E-state index contributed by atoms with van der Waals surface area (Å²) in [5, 5.41) is 0. The van der Waals surface area contributed by atoms with Crippen LogP contribution in [0.25, 0.3) is 11.1 Å². The number of hydrogen-bond acceptors (Lipinski definition) is 2. The minimum absolute atomic E-state index is 0.113. The molecule has 0 amide bonds. The average molecular weight is 372 g/mol. The summed E-state index contributed by atoms with van der Waals surface area (Å²) in [4.78, 5) is 8.41. The summed E-state index contributed by atoms with van der Waals surface area (Å²) in [6.45, 7) is 5.54. The minimum Gasteiger partial charge on any atom is -0.237 e. The zero-order valence-corrected chi connectivity index (χ0v) is 14.0. The minimum atomic E-state index is -4.89. The standard InChI is InChI=1S/C18H14F6N2/c1-9-16(2,3)14-6-11(8-25-15(14)26-9)10-4-12(17(19,20)21)7-13(5-10)18(22,23)24/h4-8H,1-3H3. The van der Waals surface area contributed by atoms with Gasteiger partial charge in [-0.05, 0) is 36.8 Å². The summed E-state index contributed by atoms with van der Waals surface area (Å²) in [6.07, 6.45) is -8.54. The first-order valence-corrected chi connectivity index (χ1v) is 7.66. The number of nitrogens with zero attached hydrogens (tertiary/aromatic N) is 2. The normalized spacial score (nSPS) is 16.4. The van der Waals surface area contributed by atoms with E-state index in [1.807, 2.05) is 13.8 Å². The van der Waals surface area contributed by atoms with E-state index in [0.717, 1.165) is 5.71 Å². The number of hydrogen-bond donors (Lipinski definition) is 0. The fourth-order valence-corrected chi connectivity index (χ4v) is 2.78. The smallest absolute Gasteiger partial charge is 0.237 e. The van der Waals surface area contributed by atoms with E-state index in [9.17, 15) is 26.3 Å². The second-order valence-electron chi connectivity index (χ2n) is 6.71. The molecule has 26 heavy (non-hydrogen) atoms. The first-order chi connectivity index (χ1) is 11.8. The highest BCUT2D eigenvalue weighted by molar-refractivity contribution is 5.99. The van der Waals surface area contributed by atoms with Gasteiger partial charge in [-0.2, -0.15) is 26.3 Å². The van der Waals surface area contributed by atoms with Crippen LogP contribution >= 0.6 is 0 Å². The van der Waals surface area contributed by atoms with Gasteiger partial charge in [0.1, 0.15) is 0 Å². The van der Waals surface area contributed by atoms with E-state index in [-0.39, 0.29) is 17.2 Å². The highest BCUT2D eigenvalue weighted by atomic mass is 19.4. The maximum absolute atomic E-state index is 13.0. The average Bonchev–Trinajstić information content (AvgIpc) is 2.74. The van der Waals surface area contributed by atoms with Crippen LogP contribution in [-0.2, 0) is 17.8 Å². The van der Waals surface area contributed by atoms with Gasteiger partial charge in [0.25, 0.3) is 0 Å². The van der Waals surface area contributed by atoms with Crippen LogP contribution in [0.4, 0.5) is 32.2 Å². The fraction of sp³-hybridized carbons (Fsp3) is 0.333. The molecule has 1 aliphatic heterocycles. The van der Waals surface area contributed by atoms with Gasteiger partial charge in [0.15, 0.2) is 5.82 Å². The molecule has 0 bridgehead atoms. The molecule has 0 saturated heterocycles. The Morgan fingerprint density at radius 2 is 1.35 bits per heavy atom. The van der Waals surface area contributed by atoms with E-state index >= 15 is 0 Å². The van der Waals surface area contributed by atoms with E-state index in [0.29, 0.717) is 23.5 Å². The van der Waals surface area contributed by atoms with E-state index in [2.05, 4.69) is 9.98 Å². The van der Waals surface area contributed by atoms with Crippen molar-refractivity contribution in [1.82, 2.24) is 4.98 Å². The topological polar surface area (TPSA) is 25.2 Å². The molecule has 1 aliphatic rings. The van der Waals surface area contributed by atoms with Gasteiger partial charge in [-0.15, -0.1) is 0 Å². The molecule has 0 atom stereocenters. The van der Waals surface area contributed by atoms with Gasteiger partial charge >= 0.3 is 12.4 Å². The van der Waals surface area contributed by atoms with E-state index < -0.39 is 28.9 Å². The van der Waals surface area contributed by atoms with Crippen LogP contribution in [0.5, 0.6) is 0 Å². The van der Waals surface area contributed by atoms with Gasteiger partial charge < -0.3 is 0 Å². The van der Waals surface area contributed by atoms with E-state index in [1.54, 1.807) is 13.0 Å². The zero-order valence-electron chi connectivity index (χ0n) is 14.0. The molecule has 0 spiro atoms. The Morgan fingerprint density at radius 3 is 1.85 bits per heavy atom. The third-order valence-electron chi connectivity index (χ3n) is 4.64. The van der Waals surface area contributed by atoms with E-state index in [1.165, 1.54) is 6.20 Å². The van der Waals surface area contributed by atoms with Crippen LogP contribution < -0.4 is 0 Å². The Bertz CT molecular complexity index is 875. The van der Waals surface area contributed by atoms with Crippen molar-refractivity contribution in [2.24, 2.45) is 4.99 Å². The van der Waals surface area contributed by atoms with E-state index in [4.69, 9.17) is 0 Å². The summed E-state index contributed by atoms with van der Waals surface area (Å²) < 4.78 is 78.3. The van der Waals surface area contributed by atoms with Crippen molar-refractivity contribution < 1.29 is 26.3 Å². The first-order valence-electron chi connectivity index (χ1n) is 7.66. The van der Waals surface area contributed by atoms with Crippen LogP contribution in [0, 0.1) is 0 Å². The number of benzene rings is 1. The molecule has 138 valence electrons. The summed E-state index contributed by atoms with van der Waals surface area (Å²) >= 11 is 0. The third kappa shape index (κ3) is 3.08. The maximum Gasteiger partial charge on any atom is 0.416 e. The second-order valence-corrected chi connectivity index (χ2v) is 6.71. The number of fused-ring (bicyclic) bond motifs is 1. The van der Waals surface area contributed by atoms with Gasteiger partial charge in [0.2, 0.25) is 0 Å². The zero-order chi connectivity index (χ0) is 19.5. The monoisotopic (exact) mass is 372 g/mol. The Morgan fingerprint density at radius 1 is 0.808 bits per heavy atom. The Kier molecular flexibility index (Phi) is 3.94. The van der Waals surface area contributed by atoms with Crippen LogP contribution in [0.2, 0.25) is 0 Å². The van der Waals surface area contributed by atoms with Crippen molar-refractivity contribution in [3.8, 4) is 11.1 Å². The van der Waals surface area contributed by atoms with Gasteiger partial charge in [-0.25, -0.2) is 9.98 Å². The van der Waals surface area contributed by atoms with Crippen molar-refractivity contribution in [2.75, 3.05) is 0 Å². The molecule has 1 aromatic carbocycles. The fourth-order valence-electron chi connectivity index (χ4n) is 2.78. The van der Waals surface area contributed by atoms with Crippen LogP contribution in [-0.4, -0.2) is 10.7 Å². The highest BCUT2D eigenvalue weighted by Gasteiger charge is 2.38. The lowest BCUT2D eigenvalue weighted by atomic mass is 9.82. The maximum atomic E-state index is 13.0. The van der Waals surface area contributed by atoms with Crippen LogP contribution in [0.1, 0.15) is 37.5 Å². The number of pyridine rings is 1. The summed E-state index contributed by atoms with van der Waals surface area (Å²) in [5.74, 6) is 0.430. The van der Waals surface area contributed by atoms with Crippen molar-refractivity contribution in [1.29, 1.82) is 0 Å². The number of alkyl halides is 6. The highest BCUT2D eigenvalue weighted by Crippen LogP contribution is 2.42. The van der Waals surface area contributed by atoms with Crippen LogP contribution in [0.3, 0.4) is 0 Å². The van der Waals surface area contributed by atoms with Crippen molar-refractivity contribution in [2.45, 2.75) is 38.5 Å². The summed E-state index contributed by atoms with van der Waals surface area (Å²) in [5.41, 5.74) is -1.77. The molecular weight excluding hydrogens is 358 g/mol. The molecule has 0 aliphatic carbocycles. The van der Waals surface area contributed by atoms with Crippen molar-refractivity contribution in [3.05, 3.63) is 47.2 Å². The predicted octanol–water partition coefficient (Wildman–Crippen LogP) is 6.17. The molecule has 0 unspecified atom stereocenters. The largest absolute Gasteiger partial charge is 0.416 e. The molecule has 0 radical (unpaired) electrons. The first kappa shape index (κ1) is 18.4. The Hall–Kier alpha value is -2.38. The summed E-state index contributed by atoms with van der Waals surface area (Å²) in [6, 6.07) is 3.07. The van der Waals surface area contributed by atoms with Gasteiger partial charge in [-0.1, -0.05) is 13.8 Å². The van der Waals surface area contributed by atoms with Gasteiger partial charge in [-0.3, -0.25) is 0 Å². The third-order valence-corrected chi connectivity index (χ3v) is 4.64. The molecule has 3 rings (SSSR count). The second kappa shape index (κ2) is 5.56. The number of aromatic nitrogens is 1. The lowest BCUT2D eigenvalue weighted by Gasteiger charge is -2.20. The molecule has 0 saturated carbocycles. The Labute approximate surface area is 145 Å². The molecule has 2 nitrogen and oxygen atoms in total. The molecule has 8 heteroatoms. The molecule has 0 N–H and O–H groups in total. The molecule has 2 heterocycles. The van der Waals surface area contributed by atoms with Crippen molar-refractivity contribution >= 4 is 11.5 Å². The molecule has 1 aromatic heterocycles.